The molecule has 0 aromatic heterocycles. The van der Waals surface area contributed by atoms with E-state index in [1.165, 1.54) is 0 Å². The Bertz CT molecular complexity index is 482. The molecule has 0 saturated carbocycles. The SMILES string of the molecule is N=S(c1ccccc1)c1cccc(Br)c1. The quantitative estimate of drug-likeness (QED) is 0.850. The molecule has 15 heavy (non-hydrogen) atoms. The Morgan fingerprint density at radius 1 is 0.867 bits per heavy atom. The molecule has 0 aliphatic heterocycles. The summed E-state index contributed by atoms with van der Waals surface area (Å²) in [6.45, 7) is 0. The largest absolute Gasteiger partial charge is 0.271 e. The van der Waals surface area contributed by atoms with Gasteiger partial charge in [0, 0.05) is 14.3 Å². The summed E-state index contributed by atoms with van der Waals surface area (Å²) < 4.78 is 9.19. The number of halogens is 1. The van der Waals surface area contributed by atoms with Crippen LogP contribution >= 0.6 is 15.9 Å². The standard InChI is InChI=1S/C12H10BrNS/c13-10-5-4-8-12(9-10)15(14)11-6-2-1-3-7-11/h1-9,14H. The summed E-state index contributed by atoms with van der Waals surface area (Å²) in [5, 5.41) is 0. The lowest BCUT2D eigenvalue weighted by Crippen LogP contribution is -1.89. The maximum Gasteiger partial charge on any atom is 0.0240 e. The van der Waals surface area contributed by atoms with Crippen molar-refractivity contribution in [2.75, 3.05) is 0 Å². The normalized spacial score (nSPS) is 12.3. The minimum atomic E-state index is -0.587. The fourth-order valence-electron chi connectivity index (χ4n) is 1.29. The van der Waals surface area contributed by atoms with Gasteiger partial charge in [0.15, 0.2) is 0 Å². The first-order chi connectivity index (χ1) is 7.27. The highest BCUT2D eigenvalue weighted by Gasteiger charge is 2.02. The van der Waals surface area contributed by atoms with E-state index in [9.17, 15) is 0 Å². The molecule has 2 aromatic carbocycles. The first-order valence-electron chi connectivity index (χ1n) is 4.53. The van der Waals surface area contributed by atoms with Crippen molar-refractivity contribution in [1.29, 1.82) is 4.78 Å². The molecule has 0 aliphatic rings. The molecule has 0 fully saturated rings. The van der Waals surface area contributed by atoms with Gasteiger partial charge in [-0.1, -0.05) is 40.2 Å². The van der Waals surface area contributed by atoms with Crippen LogP contribution < -0.4 is 0 Å². The predicted octanol–water partition coefficient (Wildman–Crippen LogP) is 4.25. The van der Waals surface area contributed by atoms with Gasteiger partial charge in [-0.05, 0) is 41.0 Å². The summed E-state index contributed by atoms with van der Waals surface area (Å²) in [5.74, 6) is 0. The Kier molecular flexibility index (Phi) is 3.34. The second kappa shape index (κ2) is 4.73. The first-order valence-corrected chi connectivity index (χ1v) is 6.55. The molecule has 0 bridgehead atoms. The molecule has 3 heteroatoms. The van der Waals surface area contributed by atoms with Crippen LogP contribution in [0.3, 0.4) is 0 Å². The molecule has 0 heterocycles. The molecule has 0 amide bonds. The van der Waals surface area contributed by atoms with Gasteiger partial charge >= 0.3 is 0 Å². The van der Waals surface area contributed by atoms with Gasteiger partial charge in [-0.2, -0.15) is 0 Å². The molecule has 1 unspecified atom stereocenters. The molecule has 2 aromatic rings. The Balaban J connectivity index is 2.37. The van der Waals surface area contributed by atoms with Crippen molar-refractivity contribution in [2.24, 2.45) is 0 Å². The van der Waals surface area contributed by atoms with E-state index in [4.69, 9.17) is 4.78 Å². The minimum Gasteiger partial charge on any atom is -0.271 e. The van der Waals surface area contributed by atoms with Crippen LogP contribution in [-0.2, 0) is 10.7 Å². The van der Waals surface area contributed by atoms with Crippen LogP contribution in [0.25, 0.3) is 0 Å². The summed E-state index contributed by atoms with van der Waals surface area (Å²) in [5.41, 5.74) is 0. The molecular formula is C12H10BrNS. The predicted molar refractivity (Wildman–Crippen MR) is 67.2 cm³/mol. The van der Waals surface area contributed by atoms with Gasteiger partial charge in [-0.3, -0.25) is 4.78 Å². The van der Waals surface area contributed by atoms with Crippen LogP contribution in [0.1, 0.15) is 0 Å². The number of benzene rings is 2. The molecule has 76 valence electrons. The van der Waals surface area contributed by atoms with Crippen LogP contribution in [0.2, 0.25) is 0 Å². The Morgan fingerprint density at radius 3 is 2.20 bits per heavy atom. The smallest absolute Gasteiger partial charge is 0.0240 e. The zero-order chi connectivity index (χ0) is 10.7. The summed E-state index contributed by atoms with van der Waals surface area (Å²) in [6, 6.07) is 17.9. The highest BCUT2D eigenvalue weighted by atomic mass is 79.9. The van der Waals surface area contributed by atoms with Gasteiger partial charge in [-0.25, -0.2) is 0 Å². The van der Waals surface area contributed by atoms with Crippen LogP contribution in [0.5, 0.6) is 0 Å². The van der Waals surface area contributed by atoms with Crippen LogP contribution in [0, 0.1) is 4.78 Å². The fourth-order valence-corrected chi connectivity index (χ4v) is 3.00. The monoisotopic (exact) mass is 279 g/mol. The van der Waals surface area contributed by atoms with Gasteiger partial charge < -0.3 is 0 Å². The van der Waals surface area contributed by atoms with Crippen molar-refractivity contribution >= 4 is 26.6 Å². The number of hydrogen-bond acceptors (Lipinski definition) is 1. The third kappa shape index (κ3) is 2.55. The Hall–Kier alpha value is -0.930. The third-order valence-corrected chi connectivity index (χ3v) is 3.97. The molecule has 0 aliphatic carbocycles. The van der Waals surface area contributed by atoms with Crippen molar-refractivity contribution in [3.05, 3.63) is 59.1 Å². The van der Waals surface area contributed by atoms with Crippen LogP contribution in [-0.4, -0.2) is 0 Å². The van der Waals surface area contributed by atoms with Gasteiger partial charge in [0.2, 0.25) is 0 Å². The van der Waals surface area contributed by atoms with Crippen LogP contribution in [0.15, 0.2) is 68.9 Å². The molecule has 2 rings (SSSR count). The molecule has 0 saturated heterocycles. The molecule has 0 spiro atoms. The number of hydrogen-bond donors (Lipinski definition) is 1. The summed E-state index contributed by atoms with van der Waals surface area (Å²) in [4.78, 5) is 2.09. The van der Waals surface area contributed by atoms with Gasteiger partial charge in [0.05, 0.1) is 0 Å². The minimum absolute atomic E-state index is 0.587. The lowest BCUT2D eigenvalue weighted by molar-refractivity contribution is 1.35. The van der Waals surface area contributed by atoms with Gasteiger partial charge in [-0.15, -0.1) is 0 Å². The van der Waals surface area contributed by atoms with Crippen molar-refractivity contribution in [3.63, 3.8) is 0 Å². The van der Waals surface area contributed by atoms with E-state index in [1.807, 2.05) is 54.6 Å². The average molecular weight is 280 g/mol. The van der Waals surface area contributed by atoms with Crippen molar-refractivity contribution in [2.45, 2.75) is 9.79 Å². The maximum atomic E-state index is 8.16. The molecular weight excluding hydrogens is 270 g/mol. The fraction of sp³-hybridized carbons (Fsp3) is 0. The zero-order valence-electron chi connectivity index (χ0n) is 7.98. The van der Waals surface area contributed by atoms with E-state index in [1.54, 1.807) is 0 Å². The Morgan fingerprint density at radius 2 is 1.53 bits per heavy atom. The summed E-state index contributed by atoms with van der Waals surface area (Å²) in [6.07, 6.45) is 0. The number of rotatable bonds is 2. The van der Waals surface area contributed by atoms with E-state index < -0.39 is 10.7 Å². The molecule has 1 N–H and O–H groups in total. The Labute approximate surface area is 100 Å². The van der Waals surface area contributed by atoms with E-state index >= 15 is 0 Å². The van der Waals surface area contributed by atoms with Gasteiger partial charge in [0.25, 0.3) is 0 Å². The highest BCUT2D eigenvalue weighted by Crippen LogP contribution is 2.20. The summed E-state index contributed by atoms with van der Waals surface area (Å²) in [7, 11) is -0.587. The van der Waals surface area contributed by atoms with E-state index in [0.717, 1.165) is 14.3 Å². The molecule has 1 nitrogen and oxygen atoms in total. The van der Waals surface area contributed by atoms with Crippen molar-refractivity contribution < 1.29 is 0 Å². The maximum absolute atomic E-state index is 8.16. The topological polar surface area (TPSA) is 23.9 Å². The highest BCUT2D eigenvalue weighted by molar-refractivity contribution is 9.10. The summed E-state index contributed by atoms with van der Waals surface area (Å²) >= 11 is 3.42. The van der Waals surface area contributed by atoms with E-state index in [2.05, 4.69) is 15.9 Å². The lowest BCUT2D eigenvalue weighted by atomic mass is 10.4. The average Bonchev–Trinajstić information content (AvgIpc) is 2.29. The van der Waals surface area contributed by atoms with Gasteiger partial charge in [0.1, 0.15) is 0 Å². The first kappa shape index (κ1) is 10.6. The third-order valence-electron chi connectivity index (χ3n) is 2.01. The molecule has 0 radical (unpaired) electrons. The van der Waals surface area contributed by atoms with Crippen molar-refractivity contribution in [3.8, 4) is 0 Å². The van der Waals surface area contributed by atoms with E-state index in [0.29, 0.717) is 0 Å². The van der Waals surface area contributed by atoms with E-state index in [-0.39, 0.29) is 0 Å². The van der Waals surface area contributed by atoms with Crippen molar-refractivity contribution in [1.82, 2.24) is 0 Å². The molecule has 1 atom stereocenters. The number of nitrogens with one attached hydrogen (secondary N) is 1. The lowest BCUT2D eigenvalue weighted by Gasteiger charge is -2.05. The second-order valence-corrected chi connectivity index (χ2v) is 5.55. The zero-order valence-corrected chi connectivity index (χ0v) is 10.4. The van der Waals surface area contributed by atoms with Crippen LogP contribution in [0.4, 0.5) is 0 Å². The second-order valence-electron chi connectivity index (χ2n) is 3.08.